The lowest BCUT2D eigenvalue weighted by atomic mass is 10.1. The van der Waals surface area contributed by atoms with E-state index < -0.39 is 0 Å². The summed E-state index contributed by atoms with van der Waals surface area (Å²) in [5.74, 6) is -0.505. The maximum atomic E-state index is 12.5. The molecule has 0 spiro atoms. The first-order valence-corrected chi connectivity index (χ1v) is 10.6. The number of nitrogens with zero attached hydrogens (tertiary/aromatic N) is 2. The number of rotatable bonds is 6. The van der Waals surface area contributed by atoms with Gasteiger partial charge in [-0.05, 0) is 54.1 Å². The average molecular weight is 449 g/mol. The van der Waals surface area contributed by atoms with Gasteiger partial charge in [0.15, 0.2) is 0 Å². The van der Waals surface area contributed by atoms with Crippen LogP contribution < -0.4 is 10.6 Å². The summed E-state index contributed by atoms with van der Waals surface area (Å²) in [5.41, 5.74) is 2.68. The number of benzene rings is 3. The van der Waals surface area contributed by atoms with Crippen molar-refractivity contribution < 1.29 is 9.59 Å². The zero-order chi connectivity index (χ0) is 21.6. The second kappa shape index (κ2) is 9.51. The van der Waals surface area contributed by atoms with E-state index >= 15 is 0 Å². The summed E-state index contributed by atoms with van der Waals surface area (Å²) >= 11 is 7.22. The maximum absolute atomic E-state index is 12.5. The van der Waals surface area contributed by atoms with Crippen molar-refractivity contribution in [1.29, 1.82) is 0 Å². The first kappa shape index (κ1) is 20.7. The highest BCUT2D eigenvalue weighted by Crippen LogP contribution is 2.21. The molecule has 2 amide bonds. The number of halogens is 1. The lowest BCUT2D eigenvalue weighted by Gasteiger charge is -2.06. The summed E-state index contributed by atoms with van der Waals surface area (Å²) in [5, 5.41) is 15.6. The molecule has 0 bridgehead atoms. The summed E-state index contributed by atoms with van der Waals surface area (Å²) in [7, 11) is 0. The van der Waals surface area contributed by atoms with Gasteiger partial charge in [0.05, 0.1) is 0 Å². The number of carbonyl (C=O) groups excluding carboxylic acids is 2. The summed E-state index contributed by atoms with van der Waals surface area (Å²) in [4.78, 5) is 24.7. The molecule has 0 saturated carbocycles. The molecule has 0 aliphatic carbocycles. The molecule has 4 aromatic rings. The minimum Gasteiger partial charge on any atom is -0.322 e. The molecule has 3 aromatic carbocycles. The van der Waals surface area contributed by atoms with Crippen LogP contribution in [0.1, 0.15) is 31.3 Å². The van der Waals surface area contributed by atoms with Crippen molar-refractivity contribution in [3.05, 3.63) is 106 Å². The van der Waals surface area contributed by atoms with Crippen LogP contribution in [0.3, 0.4) is 0 Å². The Balaban J connectivity index is 1.35. The molecule has 31 heavy (non-hydrogen) atoms. The van der Waals surface area contributed by atoms with Crippen molar-refractivity contribution in [3.63, 3.8) is 0 Å². The van der Waals surface area contributed by atoms with Crippen molar-refractivity contribution in [1.82, 2.24) is 10.2 Å². The predicted molar refractivity (Wildman–Crippen MR) is 123 cm³/mol. The van der Waals surface area contributed by atoms with Gasteiger partial charge in [0.1, 0.15) is 5.01 Å². The third-order valence-corrected chi connectivity index (χ3v) is 5.49. The first-order chi connectivity index (χ1) is 15.1. The van der Waals surface area contributed by atoms with Gasteiger partial charge in [0.25, 0.3) is 11.8 Å². The number of hydrogen-bond donors (Lipinski definition) is 2. The number of hydrogen-bond acceptors (Lipinski definition) is 5. The normalized spacial score (nSPS) is 10.5. The van der Waals surface area contributed by atoms with Gasteiger partial charge in [-0.15, -0.1) is 10.2 Å². The second-order valence-electron chi connectivity index (χ2n) is 6.66. The molecular formula is C23H17ClN4O2S. The quantitative estimate of drug-likeness (QED) is 0.420. The van der Waals surface area contributed by atoms with Crippen molar-refractivity contribution in [2.75, 3.05) is 10.6 Å². The van der Waals surface area contributed by atoms with Crippen LogP contribution in [0.15, 0.2) is 78.9 Å². The molecule has 0 fully saturated rings. The van der Waals surface area contributed by atoms with E-state index in [4.69, 9.17) is 11.6 Å². The van der Waals surface area contributed by atoms with E-state index in [-0.39, 0.29) is 11.8 Å². The average Bonchev–Trinajstić information content (AvgIpc) is 3.23. The molecule has 0 radical (unpaired) electrons. The van der Waals surface area contributed by atoms with Gasteiger partial charge in [-0.3, -0.25) is 14.9 Å². The molecule has 0 aliphatic rings. The Bertz CT molecular complexity index is 1190. The van der Waals surface area contributed by atoms with Gasteiger partial charge in [0.2, 0.25) is 5.13 Å². The summed E-state index contributed by atoms with van der Waals surface area (Å²) in [6, 6.07) is 23.1. The van der Waals surface area contributed by atoms with E-state index in [0.717, 1.165) is 10.6 Å². The molecule has 154 valence electrons. The molecule has 0 unspecified atom stereocenters. The molecule has 1 heterocycles. The van der Waals surface area contributed by atoms with Crippen molar-refractivity contribution in [3.8, 4) is 0 Å². The van der Waals surface area contributed by atoms with Crippen LogP contribution in [0.2, 0.25) is 5.02 Å². The third-order valence-electron chi connectivity index (χ3n) is 4.40. The fourth-order valence-electron chi connectivity index (χ4n) is 2.82. The van der Waals surface area contributed by atoms with Gasteiger partial charge in [0, 0.05) is 28.3 Å². The van der Waals surface area contributed by atoms with Crippen molar-refractivity contribution in [2.24, 2.45) is 0 Å². The molecule has 0 saturated heterocycles. The van der Waals surface area contributed by atoms with Crippen LogP contribution in [0, 0.1) is 0 Å². The standard InChI is InChI=1S/C23H17ClN4O2S/c24-18-10-6-15(7-11-18)14-20-27-28-23(31-20)26-22(30)17-8-12-19(13-9-17)25-21(29)16-4-2-1-3-5-16/h1-13H,14H2,(H,25,29)(H,26,28,30). The minimum absolute atomic E-state index is 0.208. The molecule has 0 atom stereocenters. The molecule has 6 nitrogen and oxygen atoms in total. The van der Waals surface area contributed by atoms with E-state index in [1.54, 1.807) is 48.5 Å². The van der Waals surface area contributed by atoms with Crippen molar-refractivity contribution in [2.45, 2.75) is 6.42 Å². The lowest BCUT2D eigenvalue weighted by Crippen LogP contribution is -2.13. The molecule has 1 aromatic heterocycles. The van der Waals surface area contributed by atoms with Gasteiger partial charge >= 0.3 is 0 Å². The van der Waals surface area contributed by atoms with Gasteiger partial charge in [-0.2, -0.15) is 0 Å². The van der Waals surface area contributed by atoms with Gasteiger partial charge < -0.3 is 5.32 Å². The van der Waals surface area contributed by atoms with E-state index in [2.05, 4.69) is 20.8 Å². The number of anilines is 2. The first-order valence-electron chi connectivity index (χ1n) is 9.41. The lowest BCUT2D eigenvalue weighted by molar-refractivity contribution is 0.102. The minimum atomic E-state index is -0.296. The molecular weight excluding hydrogens is 432 g/mol. The van der Waals surface area contributed by atoms with Crippen LogP contribution >= 0.6 is 22.9 Å². The Morgan fingerprint density at radius 2 is 1.42 bits per heavy atom. The zero-order valence-electron chi connectivity index (χ0n) is 16.2. The highest BCUT2D eigenvalue weighted by atomic mass is 35.5. The highest BCUT2D eigenvalue weighted by Gasteiger charge is 2.12. The Kier molecular flexibility index (Phi) is 6.35. The smallest absolute Gasteiger partial charge is 0.257 e. The summed E-state index contributed by atoms with van der Waals surface area (Å²) in [6.07, 6.45) is 0.612. The van der Waals surface area contributed by atoms with Crippen LogP contribution in [-0.2, 0) is 6.42 Å². The second-order valence-corrected chi connectivity index (χ2v) is 8.15. The van der Waals surface area contributed by atoms with Crippen LogP contribution in [0.25, 0.3) is 0 Å². The monoisotopic (exact) mass is 448 g/mol. The largest absolute Gasteiger partial charge is 0.322 e. The van der Waals surface area contributed by atoms with Crippen LogP contribution in [0.5, 0.6) is 0 Å². The number of amides is 2. The SMILES string of the molecule is O=C(Nc1ccc(C(=O)Nc2nnc(Cc3ccc(Cl)cc3)s2)cc1)c1ccccc1. The number of nitrogens with one attached hydrogen (secondary N) is 2. The fraction of sp³-hybridized carbons (Fsp3) is 0.0435. The number of aromatic nitrogens is 2. The topological polar surface area (TPSA) is 84.0 Å². The maximum Gasteiger partial charge on any atom is 0.257 e. The number of carbonyl (C=O) groups is 2. The summed E-state index contributed by atoms with van der Waals surface area (Å²) in [6.45, 7) is 0. The summed E-state index contributed by atoms with van der Waals surface area (Å²) < 4.78 is 0. The highest BCUT2D eigenvalue weighted by molar-refractivity contribution is 7.15. The van der Waals surface area contributed by atoms with E-state index in [1.165, 1.54) is 11.3 Å². The van der Waals surface area contributed by atoms with Crippen LogP contribution in [0.4, 0.5) is 10.8 Å². The van der Waals surface area contributed by atoms with Gasteiger partial charge in [-0.25, -0.2) is 0 Å². The zero-order valence-corrected chi connectivity index (χ0v) is 17.8. The predicted octanol–water partition coefficient (Wildman–Crippen LogP) is 5.29. The van der Waals surface area contributed by atoms with E-state index in [1.807, 2.05) is 30.3 Å². The molecule has 8 heteroatoms. The molecule has 4 rings (SSSR count). The van der Waals surface area contributed by atoms with Crippen molar-refractivity contribution >= 4 is 45.6 Å². The van der Waals surface area contributed by atoms with Gasteiger partial charge in [-0.1, -0.05) is 53.3 Å². The molecule has 2 N–H and O–H groups in total. The fourth-order valence-corrected chi connectivity index (χ4v) is 3.71. The Morgan fingerprint density at radius 3 is 2.13 bits per heavy atom. The van der Waals surface area contributed by atoms with E-state index in [9.17, 15) is 9.59 Å². The van der Waals surface area contributed by atoms with Crippen LogP contribution in [-0.4, -0.2) is 22.0 Å². The van der Waals surface area contributed by atoms with E-state index in [0.29, 0.717) is 33.4 Å². The molecule has 0 aliphatic heterocycles. The Labute approximate surface area is 187 Å². The third kappa shape index (κ3) is 5.53. The Hall–Kier alpha value is -3.55. The Morgan fingerprint density at radius 1 is 0.774 bits per heavy atom.